The van der Waals surface area contributed by atoms with E-state index in [9.17, 15) is 10.1 Å². The molecule has 88 valence electrons. The van der Waals surface area contributed by atoms with Crippen LogP contribution in [0.4, 0.5) is 5.69 Å². The van der Waals surface area contributed by atoms with Crippen molar-refractivity contribution < 1.29 is 10.0 Å². The summed E-state index contributed by atoms with van der Waals surface area (Å²) in [6.45, 7) is -0.192. The molecule has 0 amide bonds. The van der Waals surface area contributed by atoms with Crippen molar-refractivity contribution in [2.24, 2.45) is 0 Å². The van der Waals surface area contributed by atoms with Crippen LogP contribution in [0, 0.1) is 10.1 Å². The summed E-state index contributed by atoms with van der Waals surface area (Å²) in [5.41, 5.74) is 1.05. The first-order valence-corrected chi connectivity index (χ1v) is 5.51. The van der Waals surface area contributed by atoms with Crippen molar-refractivity contribution in [2.75, 3.05) is 0 Å². The number of rotatable bonds is 3. The summed E-state index contributed by atoms with van der Waals surface area (Å²) in [5, 5.41) is 23.7. The number of nitro groups is 1. The summed E-state index contributed by atoms with van der Waals surface area (Å²) in [6, 6.07) is 6.12. The molecule has 7 heteroatoms. The number of aromatic nitrogens is 2. The standard InChI is InChI=1S/C10H8BrN3O3/c11-9-5-13(12-10(9)6-15)7-2-1-3-8(4-7)14(16)17/h1-5,15H,6H2. The van der Waals surface area contributed by atoms with E-state index in [2.05, 4.69) is 21.0 Å². The van der Waals surface area contributed by atoms with Gasteiger partial charge in [0.2, 0.25) is 0 Å². The maximum Gasteiger partial charge on any atom is 0.271 e. The zero-order valence-electron chi connectivity index (χ0n) is 8.58. The molecule has 0 atom stereocenters. The second-order valence-electron chi connectivity index (χ2n) is 3.30. The number of nitro benzene ring substituents is 1. The van der Waals surface area contributed by atoms with Crippen LogP contribution in [0.5, 0.6) is 0 Å². The Morgan fingerprint density at radius 3 is 2.88 bits per heavy atom. The first kappa shape index (κ1) is 11.7. The number of aliphatic hydroxyl groups excluding tert-OH is 1. The first-order chi connectivity index (χ1) is 8.11. The highest BCUT2D eigenvalue weighted by atomic mass is 79.9. The monoisotopic (exact) mass is 297 g/mol. The van der Waals surface area contributed by atoms with E-state index in [-0.39, 0.29) is 12.3 Å². The summed E-state index contributed by atoms with van der Waals surface area (Å²) >= 11 is 3.24. The van der Waals surface area contributed by atoms with Crippen molar-refractivity contribution in [3.63, 3.8) is 0 Å². The Morgan fingerprint density at radius 2 is 2.29 bits per heavy atom. The van der Waals surface area contributed by atoms with Gasteiger partial charge in [-0.05, 0) is 22.0 Å². The van der Waals surface area contributed by atoms with E-state index in [0.29, 0.717) is 15.9 Å². The van der Waals surface area contributed by atoms with Crippen molar-refractivity contribution in [1.82, 2.24) is 9.78 Å². The Hall–Kier alpha value is -1.73. The average molecular weight is 298 g/mol. The fourth-order valence-electron chi connectivity index (χ4n) is 1.38. The third-order valence-corrected chi connectivity index (χ3v) is 2.86. The lowest BCUT2D eigenvalue weighted by Crippen LogP contribution is -1.97. The van der Waals surface area contributed by atoms with Crippen molar-refractivity contribution in [3.05, 3.63) is 50.7 Å². The SMILES string of the molecule is O=[N+]([O-])c1cccc(-n2cc(Br)c(CO)n2)c1. The number of nitrogens with zero attached hydrogens (tertiary/aromatic N) is 3. The maximum absolute atomic E-state index is 10.6. The molecule has 0 saturated heterocycles. The molecule has 0 spiro atoms. The molecule has 0 bridgehead atoms. The van der Waals surface area contributed by atoms with E-state index in [0.717, 1.165) is 0 Å². The molecule has 0 radical (unpaired) electrons. The molecule has 2 rings (SSSR count). The predicted molar refractivity (Wildman–Crippen MR) is 63.8 cm³/mol. The van der Waals surface area contributed by atoms with E-state index >= 15 is 0 Å². The molecule has 0 fully saturated rings. The highest BCUT2D eigenvalue weighted by Crippen LogP contribution is 2.20. The van der Waals surface area contributed by atoms with Crippen molar-refractivity contribution in [2.45, 2.75) is 6.61 Å². The van der Waals surface area contributed by atoms with Gasteiger partial charge in [0, 0.05) is 18.3 Å². The number of aliphatic hydroxyl groups is 1. The summed E-state index contributed by atoms with van der Waals surface area (Å²) < 4.78 is 2.13. The zero-order chi connectivity index (χ0) is 12.4. The van der Waals surface area contributed by atoms with Gasteiger partial charge in [0.15, 0.2) is 0 Å². The van der Waals surface area contributed by atoms with Gasteiger partial charge in [-0.3, -0.25) is 10.1 Å². The van der Waals surface area contributed by atoms with Gasteiger partial charge < -0.3 is 5.11 Å². The molecule has 0 aliphatic rings. The van der Waals surface area contributed by atoms with E-state index in [4.69, 9.17) is 5.11 Å². The van der Waals surface area contributed by atoms with Crippen molar-refractivity contribution in [3.8, 4) is 5.69 Å². The Bertz CT molecular complexity index is 568. The molecule has 1 N–H and O–H groups in total. The van der Waals surface area contributed by atoms with Gasteiger partial charge in [0.05, 0.1) is 21.7 Å². The van der Waals surface area contributed by atoms with Gasteiger partial charge in [-0.1, -0.05) is 6.07 Å². The minimum atomic E-state index is -0.463. The van der Waals surface area contributed by atoms with Gasteiger partial charge in [-0.2, -0.15) is 5.10 Å². The van der Waals surface area contributed by atoms with E-state index in [1.165, 1.54) is 16.8 Å². The third-order valence-electron chi connectivity index (χ3n) is 2.19. The van der Waals surface area contributed by atoms with Crippen molar-refractivity contribution >= 4 is 21.6 Å². The average Bonchev–Trinajstić information content (AvgIpc) is 2.71. The van der Waals surface area contributed by atoms with E-state index in [1.807, 2.05) is 0 Å². The molecule has 6 nitrogen and oxygen atoms in total. The topological polar surface area (TPSA) is 81.2 Å². The molecule has 2 aromatic rings. The Balaban J connectivity index is 2.45. The van der Waals surface area contributed by atoms with Crippen LogP contribution in [-0.4, -0.2) is 19.8 Å². The van der Waals surface area contributed by atoms with Gasteiger partial charge in [-0.25, -0.2) is 4.68 Å². The Kier molecular flexibility index (Phi) is 3.21. The highest BCUT2D eigenvalue weighted by molar-refractivity contribution is 9.10. The molecular formula is C10H8BrN3O3. The summed E-state index contributed by atoms with van der Waals surface area (Å²) in [5.74, 6) is 0. The number of benzene rings is 1. The van der Waals surface area contributed by atoms with E-state index < -0.39 is 4.92 Å². The van der Waals surface area contributed by atoms with Crippen LogP contribution in [0.3, 0.4) is 0 Å². The van der Waals surface area contributed by atoms with Crippen LogP contribution in [0.15, 0.2) is 34.9 Å². The summed E-state index contributed by atoms with van der Waals surface area (Å²) in [4.78, 5) is 10.2. The fraction of sp³-hybridized carbons (Fsp3) is 0.100. The summed E-state index contributed by atoms with van der Waals surface area (Å²) in [7, 11) is 0. The van der Waals surface area contributed by atoms with Gasteiger partial charge in [-0.15, -0.1) is 0 Å². The molecule has 0 saturated carbocycles. The predicted octanol–water partition coefficient (Wildman–Crippen LogP) is 2.04. The molecule has 1 aromatic carbocycles. The lowest BCUT2D eigenvalue weighted by Gasteiger charge is -2.00. The number of hydrogen-bond donors (Lipinski definition) is 1. The van der Waals surface area contributed by atoms with Crippen LogP contribution >= 0.6 is 15.9 Å². The lowest BCUT2D eigenvalue weighted by molar-refractivity contribution is -0.384. The molecule has 17 heavy (non-hydrogen) atoms. The molecule has 0 aliphatic heterocycles. The first-order valence-electron chi connectivity index (χ1n) is 4.71. The Labute approximate surface area is 105 Å². The lowest BCUT2D eigenvalue weighted by atomic mass is 10.3. The smallest absolute Gasteiger partial charge is 0.271 e. The third kappa shape index (κ3) is 2.34. The van der Waals surface area contributed by atoms with E-state index in [1.54, 1.807) is 18.3 Å². The maximum atomic E-state index is 10.6. The normalized spacial score (nSPS) is 10.5. The second kappa shape index (κ2) is 4.64. The number of halogens is 1. The van der Waals surface area contributed by atoms with Crippen LogP contribution in [-0.2, 0) is 6.61 Å². The molecule has 0 aliphatic carbocycles. The quantitative estimate of drug-likeness (QED) is 0.694. The second-order valence-corrected chi connectivity index (χ2v) is 4.16. The zero-order valence-corrected chi connectivity index (χ0v) is 10.2. The molecule has 1 aromatic heterocycles. The van der Waals surface area contributed by atoms with Gasteiger partial charge in [0.1, 0.15) is 5.69 Å². The fourth-order valence-corrected chi connectivity index (χ4v) is 1.78. The number of non-ortho nitro benzene ring substituents is 1. The summed E-state index contributed by atoms with van der Waals surface area (Å²) in [6.07, 6.45) is 1.64. The van der Waals surface area contributed by atoms with Crippen molar-refractivity contribution in [1.29, 1.82) is 0 Å². The molecular weight excluding hydrogens is 290 g/mol. The van der Waals surface area contributed by atoms with Crippen LogP contribution in [0.1, 0.15) is 5.69 Å². The molecule has 0 unspecified atom stereocenters. The minimum absolute atomic E-state index is 0.000305. The largest absolute Gasteiger partial charge is 0.390 e. The van der Waals surface area contributed by atoms with Crippen LogP contribution in [0.2, 0.25) is 0 Å². The Morgan fingerprint density at radius 1 is 1.53 bits per heavy atom. The van der Waals surface area contributed by atoms with Crippen LogP contribution in [0.25, 0.3) is 5.69 Å². The van der Waals surface area contributed by atoms with Gasteiger partial charge >= 0.3 is 0 Å². The minimum Gasteiger partial charge on any atom is -0.390 e. The van der Waals surface area contributed by atoms with Gasteiger partial charge in [0.25, 0.3) is 5.69 Å². The highest BCUT2D eigenvalue weighted by Gasteiger charge is 2.10. The number of hydrogen-bond acceptors (Lipinski definition) is 4. The molecule has 1 heterocycles. The van der Waals surface area contributed by atoms with Crippen LogP contribution < -0.4 is 0 Å².